The molecule has 3 heterocycles. The van der Waals surface area contributed by atoms with E-state index in [4.69, 9.17) is 4.52 Å². The van der Waals surface area contributed by atoms with Gasteiger partial charge in [0, 0.05) is 19.5 Å². The van der Waals surface area contributed by atoms with Gasteiger partial charge in [0.2, 0.25) is 0 Å². The summed E-state index contributed by atoms with van der Waals surface area (Å²) in [6, 6.07) is 0.397. The Bertz CT molecular complexity index is 515. The highest BCUT2D eigenvalue weighted by Gasteiger charge is 2.21. The van der Waals surface area contributed by atoms with Gasteiger partial charge in [-0.2, -0.15) is 4.98 Å². The molecule has 0 bridgehead atoms. The van der Waals surface area contributed by atoms with Gasteiger partial charge in [-0.05, 0) is 6.42 Å². The minimum atomic E-state index is 0.397. The summed E-state index contributed by atoms with van der Waals surface area (Å²) in [4.78, 5) is 4.33. The molecule has 1 saturated heterocycles. The Morgan fingerprint density at radius 2 is 2.39 bits per heavy atom. The lowest BCUT2D eigenvalue weighted by atomic mass is 10.2. The Morgan fingerprint density at radius 3 is 3.11 bits per heavy atom. The Morgan fingerprint density at radius 1 is 1.50 bits per heavy atom. The van der Waals surface area contributed by atoms with Crippen molar-refractivity contribution < 1.29 is 4.52 Å². The molecule has 0 radical (unpaired) electrons. The molecule has 1 fully saturated rings. The number of hydrogen-bond acceptors (Lipinski definition) is 6. The lowest BCUT2D eigenvalue weighted by Crippen LogP contribution is -2.43. The maximum Gasteiger partial charge on any atom is 0.280 e. The van der Waals surface area contributed by atoms with Gasteiger partial charge in [-0.15, -0.1) is 5.10 Å². The summed E-state index contributed by atoms with van der Waals surface area (Å²) >= 11 is 0. The fourth-order valence-electron chi connectivity index (χ4n) is 1.81. The number of aryl methyl sites for hydroxylation is 1. The quantitative estimate of drug-likeness (QED) is 0.843. The third-order valence-electron chi connectivity index (χ3n) is 3.09. The minimum Gasteiger partial charge on any atom is -0.332 e. The van der Waals surface area contributed by atoms with E-state index in [0.29, 0.717) is 17.6 Å². The van der Waals surface area contributed by atoms with Crippen LogP contribution in [0.2, 0.25) is 0 Å². The summed E-state index contributed by atoms with van der Waals surface area (Å²) in [6.07, 6.45) is 4.90. The van der Waals surface area contributed by atoms with Crippen molar-refractivity contribution in [1.29, 1.82) is 0 Å². The maximum atomic E-state index is 5.20. The molecule has 1 N–H and O–H groups in total. The molecule has 1 aliphatic rings. The van der Waals surface area contributed by atoms with Crippen LogP contribution >= 0.6 is 0 Å². The van der Waals surface area contributed by atoms with E-state index in [1.807, 2.05) is 10.9 Å². The topological polar surface area (TPSA) is 81.7 Å². The zero-order valence-electron chi connectivity index (χ0n) is 10.3. The van der Waals surface area contributed by atoms with E-state index in [9.17, 15) is 0 Å². The van der Waals surface area contributed by atoms with Gasteiger partial charge >= 0.3 is 0 Å². The second kappa shape index (κ2) is 4.85. The fourth-order valence-corrected chi connectivity index (χ4v) is 1.81. The third-order valence-corrected chi connectivity index (χ3v) is 3.09. The van der Waals surface area contributed by atoms with Gasteiger partial charge in [-0.1, -0.05) is 23.7 Å². The van der Waals surface area contributed by atoms with E-state index in [2.05, 4.69) is 32.7 Å². The van der Waals surface area contributed by atoms with Gasteiger partial charge in [0.1, 0.15) is 0 Å². The number of rotatable bonds is 5. The van der Waals surface area contributed by atoms with Crippen LogP contribution in [0.1, 0.15) is 31.6 Å². The molecule has 0 unspecified atom stereocenters. The van der Waals surface area contributed by atoms with Crippen LogP contribution in [-0.4, -0.2) is 38.2 Å². The number of unbranched alkanes of at least 4 members (excludes halogenated alkanes) is 1. The van der Waals surface area contributed by atoms with E-state index in [1.165, 1.54) is 0 Å². The van der Waals surface area contributed by atoms with Crippen LogP contribution in [-0.2, 0) is 6.42 Å². The third kappa shape index (κ3) is 2.13. The van der Waals surface area contributed by atoms with E-state index >= 15 is 0 Å². The molecule has 0 spiro atoms. The van der Waals surface area contributed by atoms with E-state index in [-0.39, 0.29) is 0 Å². The SMILES string of the molecule is CCCCc1noc(-c2cn(C3CNC3)nn2)n1. The first-order chi connectivity index (χ1) is 8.86. The van der Waals surface area contributed by atoms with Crippen molar-refractivity contribution in [3.8, 4) is 11.6 Å². The second-order valence-electron chi connectivity index (χ2n) is 4.52. The lowest BCUT2D eigenvalue weighted by Gasteiger charge is -2.26. The van der Waals surface area contributed by atoms with Crippen LogP contribution < -0.4 is 5.32 Å². The molecule has 0 atom stereocenters. The molecule has 7 heteroatoms. The summed E-state index contributed by atoms with van der Waals surface area (Å²) in [7, 11) is 0. The van der Waals surface area contributed by atoms with Gasteiger partial charge < -0.3 is 9.84 Å². The summed E-state index contributed by atoms with van der Waals surface area (Å²) in [5.74, 6) is 1.20. The molecule has 96 valence electrons. The standard InChI is InChI=1S/C11H16N6O/c1-2-3-4-10-13-11(18-15-10)9-7-17(16-14-9)8-5-12-6-8/h7-8,12H,2-6H2,1H3. The summed E-state index contributed by atoms with van der Waals surface area (Å²) in [6.45, 7) is 4.02. The normalized spacial score (nSPS) is 15.8. The van der Waals surface area contributed by atoms with Crippen LogP contribution in [0.25, 0.3) is 11.6 Å². The van der Waals surface area contributed by atoms with Crippen molar-refractivity contribution in [2.75, 3.05) is 13.1 Å². The summed E-state index contributed by atoms with van der Waals surface area (Å²) < 4.78 is 7.05. The Balaban J connectivity index is 1.73. The molecule has 18 heavy (non-hydrogen) atoms. The van der Waals surface area contributed by atoms with Crippen LogP contribution in [0.3, 0.4) is 0 Å². The van der Waals surface area contributed by atoms with Crippen LogP contribution in [0.15, 0.2) is 10.7 Å². The smallest absolute Gasteiger partial charge is 0.280 e. The van der Waals surface area contributed by atoms with Crippen LogP contribution in [0, 0.1) is 0 Å². The highest BCUT2D eigenvalue weighted by Crippen LogP contribution is 2.17. The first-order valence-corrected chi connectivity index (χ1v) is 6.32. The molecular formula is C11H16N6O. The lowest BCUT2D eigenvalue weighted by molar-refractivity contribution is 0.313. The van der Waals surface area contributed by atoms with Crippen molar-refractivity contribution in [1.82, 2.24) is 30.5 Å². The highest BCUT2D eigenvalue weighted by molar-refractivity contribution is 5.43. The van der Waals surface area contributed by atoms with E-state index < -0.39 is 0 Å². The molecular weight excluding hydrogens is 232 g/mol. The van der Waals surface area contributed by atoms with Crippen molar-refractivity contribution in [3.05, 3.63) is 12.0 Å². The number of hydrogen-bond donors (Lipinski definition) is 1. The highest BCUT2D eigenvalue weighted by atomic mass is 16.5. The largest absolute Gasteiger partial charge is 0.332 e. The van der Waals surface area contributed by atoms with Crippen molar-refractivity contribution >= 4 is 0 Å². The minimum absolute atomic E-state index is 0.397. The van der Waals surface area contributed by atoms with Crippen LogP contribution in [0.5, 0.6) is 0 Å². The average molecular weight is 248 g/mol. The Hall–Kier alpha value is -1.76. The van der Waals surface area contributed by atoms with E-state index in [1.54, 1.807) is 0 Å². The molecule has 0 aliphatic carbocycles. The van der Waals surface area contributed by atoms with Gasteiger partial charge in [-0.25, -0.2) is 4.68 Å². The molecule has 2 aromatic rings. The summed E-state index contributed by atoms with van der Waals surface area (Å²) in [5.41, 5.74) is 0.650. The number of aromatic nitrogens is 5. The van der Waals surface area contributed by atoms with E-state index in [0.717, 1.165) is 38.2 Å². The molecule has 0 saturated carbocycles. The van der Waals surface area contributed by atoms with Gasteiger partial charge in [0.05, 0.1) is 12.2 Å². The number of nitrogens with zero attached hydrogens (tertiary/aromatic N) is 5. The Labute approximate surface area is 105 Å². The van der Waals surface area contributed by atoms with Gasteiger partial charge in [-0.3, -0.25) is 0 Å². The molecule has 7 nitrogen and oxygen atoms in total. The van der Waals surface area contributed by atoms with Crippen molar-refractivity contribution in [2.45, 2.75) is 32.2 Å². The first kappa shape index (κ1) is 11.3. The fraction of sp³-hybridized carbons (Fsp3) is 0.636. The first-order valence-electron chi connectivity index (χ1n) is 6.32. The predicted molar refractivity (Wildman–Crippen MR) is 63.8 cm³/mol. The van der Waals surface area contributed by atoms with Crippen LogP contribution in [0.4, 0.5) is 0 Å². The predicted octanol–water partition coefficient (Wildman–Crippen LogP) is 0.815. The van der Waals surface area contributed by atoms with Crippen molar-refractivity contribution in [2.24, 2.45) is 0 Å². The number of nitrogens with one attached hydrogen (secondary N) is 1. The molecule has 1 aliphatic heterocycles. The monoisotopic (exact) mass is 248 g/mol. The van der Waals surface area contributed by atoms with Gasteiger partial charge in [0.25, 0.3) is 5.89 Å². The molecule has 0 aromatic carbocycles. The maximum absolute atomic E-state index is 5.20. The summed E-state index contributed by atoms with van der Waals surface area (Å²) in [5, 5.41) is 15.3. The second-order valence-corrected chi connectivity index (χ2v) is 4.52. The van der Waals surface area contributed by atoms with Gasteiger partial charge in [0.15, 0.2) is 11.5 Å². The molecule has 2 aromatic heterocycles. The zero-order chi connectivity index (χ0) is 12.4. The van der Waals surface area contributed by atoms with Crippen molar-refractivity contribution in [3.63, 3.8) is 0 Å². The average Bonchev–Trinajstić information content (AvgIpc) is 2.92. The zero-order valence-corrected chi connectivity index (χ0v) is 10.3. The molecule has 3 rings (SSSR count). The Kier molecular flexibility index (Phi) is 3.06. The molecule has 0 amide bonds.